The Morgan fingerprint density at radius 2 is 2.05 bits per heavy atom. The Labute approximate surface area is 130 Å². The van der Waals surface area contributed by atoms with Gasteiger partial charge in [0, 0.05) is 17.5 Å². The number of nitriles is 1. The fourth-order valence-electron chi connectivity index (χ4n) is 2.76. The minimum absolute atomic E-state index is 0.180. The average molecular weight is 293 g/mol. The summed E-state index contributed by atoms with van der Waals surface area (Å²) in [7, 11) is 0. The molecule has 0 unspecified atom stereocenters. The number of hydrogen-bond acceptors (Lipinski definition) is 3. The zero-order valence-corrected chi connectivity index (χ0v) is 13.0. The first kappa shape index (κ1) is 14.5. The molecule has 1 aliphatic rings. The third-order valence-electron chi connectivity index (χ3n) is 4.07. The van der Waals surface area contributed by atoms with Gasteiger partial charge in [-0.25, -0.2) is 0 Å². The molecule has 0 radical (unpaired) electrons. The number of hydrogen-bond donors (Lipinski definition) is 0. The maximum atomic E-state index is 12.5. The van der Waals surface area contributed by atoms with Crippen LogP contribution in [0.3, 0.4) is 0 Å². The summed E-state index contributed by atoms with van der Waals surface area (Å²) >= 11 is 0. The Bertz CT molecular complexity index is 746. The lowest BCUT2D eigenvalue weighted by molar-refractivity contribution is 0.0970. The number of carbonyl (C=O) groups excluding carboxylic acids is 1. The van der Waals surface area contributed by atoms with Gasteiger partial charge in [-0.2, -0.15) is 10.4 Å². The fraction of sp³-hybridized carbons (Fsp3) is 0.389. The van der Waals surface area contributed by atoms with Crippen LogP contribution in [-0.4, -0.2) is 15.6 Å². The van der Waals surface area contributed by atoms with Crippen molar-refractivity contribution >= 4 is 5.78 Å². The number of nitrogens with zero attached hydrogens (tertiary/aromatic N) is 3. The summed E-state index contributed by atoms with van der Waals surface area (Å²) in [5.41, 5.74) is 4.17. The number of ketones is 1. The van der Waals surface area contributed by atoms with Crippen LogP contribution in [0, 0.1) is 18.3 Å². The molecule has 3 rings (SSSR count). The second kappa shape index (κ2) is 5.76. The molecule has 2 aromatic rings. The van der Waals surface area contributed by atoms with Crippen LogP contribution in [0.15, 0.2) is 24.3 Å². The quantitative estimate of drug-likeness (QED) is 0.781. The second-order valence-corrected chi connectivity index (χ2v) is 5.86. The lowest BCUT2D eigenvalue weighted by Crippen LogP contribution is -2.10. The Morgan fingerprint density at radius 1 is 1.36 bits per heavy atom. The molecule has 112 valence electrons. The van der Waals surface area contributed by atoms with Gasteiger partial charge in [0.05, 0.1) is 23.4 Å². The van der Waals surface area contributed by atoms with E-state index in [1.54, 1.807) is 12.1 Å². The summed E-state index contributed by atoms with van der Waals surface area (Å²) < 4.78 is 1.93. The van der Waals surface area contributed by atoms with Crippen LogP contribution >= 0.6 is 0 Å². The molecule has 1 aromatic carbocycles. The molecular formula is C18H19N3O. The van der Waals surface area contributed by atoms with Crippen LogP contribution in [0.4, 0.5) is 0 Å². The highest BCUT2D eigenvalue weighted by Gasteiger charge is 2.31. The first-order chi connectivity index (χ1) is 10.7. The first-order valence-corrected chi connectivity index (χ1v) is 7.78. The molecule has 0 saturated heterocycles. The predicted molar refractivity (Wildman–Crippen MR) is 84.6 cm³/mol. The minimum atomic E-state index is 0.180. The van der Waals surface area contributed by atoms with E-state index in [1.165, 1.54) is 0 Å². The first-order valence-electron chi connectivity index (χ1n) is 7.78. The highest BCUT2D eigenvalue weighted by atomic mass is 16.1. The van der Waals surface area contributed by atoms with E-state index < -0.39 is 0 Å². The molecule has 1 fully saturated rings. The van der Waals surface area contributed by atoms with Gasteiger partial charge in [0.1, 0.15) is 5.69 Å². The topological polar surface area (TPSA) is 58.7 Å². The molecule has 22 heavy (non-hydrogen) atoms. The van der Waals surface area contributed by atoms with Crippen molar-refractivity contribution in [2.45, 2.75) is 45.6 Å². The van der Waals surface area contributed by atoms with Gasteiger partial charge in [-0.05, 0) is 38.3 Å². The molecule has 1 aromatic heterocycles. The molecule has 4 heteroatoms. The molecule has 1 aliphatic carbocycles. The number of carbonyl (C=O) groups is 1. The van der Waals surface area contributed by atoms with Gasteiger partial charge in [0.15, 0.2) is 5.78 Å². The second-order valence-electron chi connectivity index (χ2n) is 5.86. The Kier molecular flexibility index (Phi) is 3.81. The van der Waals surface area contributed by atoms with E-state index in [0.717, 1.165) is 41.8 Å². The summed E-state index contributed by atoms with van der Waals surface area (Å²) in [6.07, 6.45) is 3.60. The summed E-state index contributed by atoms with van der Waals surface area (Å²) in [4.78, 5) is 12.5. The van der Waals surface area contributed by atoms with Gasteiger partial charge in [-0.1, -0.05) is 19.1 Å². The van der Waals surface area contributed by atoms with Crippen molar-refractivity contribution in [2.75, 3.05) is 0 Å². The van der Waals surface area contributed by atoms with Crippen LogP contribution in [0.1, 0.15) is 60.3 Å². The standard InChI is InChI=1S/C18H19N3O/c1-3-4-16(22)18-12(2)17(20-21(18)15-9-10-15)14-7-5-13(11-19)6-8-14/h5-8,15H,3-4,9-10H2,1-2H3. The molecule has 0 bridgehead atoms. The van der Waals surface area contributed by atoms with E-state index in [4.69, 9.17) is 10.4 Å². The maximum Gasteiger partial charge on any atom is 0.181 e. The largest absolute Gasteiger partial charge is 0.292 e. The molecule has 0 aliphatic heterocycles. The van der Waals surface area contributed by atoms with E-state index in [1.807, 2.05) is 30.7 Å². The third-order valence-corrected chi connectivity index (χ3v) is 4.07. The van der Waals surface area contributed by atoms with Crippen LogP contribution in [0.25, 0.3) is 11.3 Å². The number of aromatic nitrogens is 2. The number of benzene rings is 1. The molecule has 1 saturated carbocycles. The summed E-state index contributed by atoms with van der Waals surface area (Å²) in [5.74, 6) is 0.180. The highest BCUT2D eigenvalue weighted by Crippen LogP contribution is 2.38. The van der Waals surface area contributed by atoms with E-state index in [0.29, 0.717) is 18.0 Å². The Morgan fingerprint density at radius 3 is 2.59 bits per heavy atom. The molecule has 1 heterocycles. The van der Waals surface area contributed by atoms with Crippen LogP contribution in [0.5, 0.6) is 0 Å². The van der Waals surface area contributed by atoms with Crippen molar-refractivity contribution in [1.29, 1.82) is 5.26 Å². The lowest BCUT2D eigenvalue weighted by Gasteiger charge is -2.05. The van der Waals surface area contributed by atoms with Crippen molar-refractivity contribution in [3.8, 4) is 17.3 Å². The van der Waals surface area contributed by atoms with Gasteiger partial charge in [0.2, 0.25) is 0 Å². The Balaban J connectivity index is 2.06. The van der Waals surface area contributed by atoms with E-state index in [2.05, 4.69) is 6.07 Å². The van der Waals surface area contributed by atoms with Gasteiger partial charge in [0.25, 0.3) is 0 Å². The zero-order valence-electron chi connectivity index (χ0n) is 13.0. The predicted octanol–water partition coefficient (Wildman–Crippen LogP) is 4.05. The normalized spacial score (nSPS) is 13.9. The summed E-state index contributed by atoms with van der Waals surface area (Å²) in [5, 5.41) is 13.6. The van der Waals surface area contributed by atoms with Crippen molar-refractivity contribution in [2.24, 2.45) is 0 Å². The maximum absolute atomic E-state index is 12.5. The highest BCUT2D eigenvalue weighted by molar-refractivity contribution is 5.97. The van der Waals surface area contributed by atoms with Crippen molar-refractivity contribution < 1.29 is 4.79 Å². The zero-order chi connectivity index (χ0) is 15.7. The van der Waals surface area contributed by atoms with E-state index in [9.17, 15) is 4.79 Å². The molecule has 0 N–H and O–H groups in total. The molecule has 0 atom stereocenters. The SMILES string of the molecule is CCCC(=O)c1c(C)c(-c2ccc(C#N)cc2)nn1C1CC1. The van der Waals surface area contributed by atoms with Gasteiger partial charge < -0.3 is 0 Å². The van der Waals surface area contributed by atoms with Crippen molar-refractivity contribution in [1.82, 2.24) is 9.78 Å². The average Bonchev–Trinajstić information content (AvgIpc) is 3.31. The smallest absolute Gasteiger partial charge is 0.181 e. The third kappa shape index (κ3) is 2.55. The van der Waals surface area contributed by atoms with Gasteiger partial charge in [-0.3, -0.25) is 9.48 Å². The summed E-state index contributed by atoms with van der Waals surface area (Å²) in [6.45, 7) is 3.99. The molecule has 0 spiro atoms. The summed E-state index contributed by atoms with van der Waals surface area (Å²) in [6, 6.07) is 9.88. The van der Waals surface area contributed by atoms with E-state index >= 15 is 0 Å². The van der Waals surface area contributed by atoms with Crippen LogP contribution in [-0.2, 0) is 0 Å². The number of rotatable bonds is 5. The lowest BCUT2D eigenvalue weighted by atomic mass is 10.0. The van der Waals surface area contributed by atoms with Crippen molar-refractivity contribution in [3.63, 3.8) is 0 Å². The van der Waals surface area contributed by atoms with Crippen LogP contribution in [0.2, 0.25) is 0 Å². The fourth-order valence-corrected chi connectivity index (χ4v) is 2.76. The molecular weight excluding hydrogens is 274 g/mol. The minimum Gasteiger partial charge on any atom is -0.292 e. The van der Waals surface area contributed by atoms with Crippen molar-refractivity contribution in [3.05, 3.63) is 41.1 Å². The molecule has 0 amide bonds. The molecule has 4 nitrogen and oxygen atoms in total. The van der Waals surface area contributed by atoms with E-state index in [-0.39, 0.29) is 5.78 Å². The number of Topliss-reactive ketones (excluding diaryl/α,β-unsaturated/α-hetero) is 1. The Hall–Kier alpha value is -2.41. The van der Waals surface area contributed by atoms with Gasteiger partial charge >= 0.3 is 0 Å². The van der Waals surface area contributed by atoms with Crippen LogP contribution < -0.4 is 0 Å². The monoisotopic (exact) mass is 293 g/mol. The van der Waals surface area contributed by atoms with Gasteiger partial charge in [-0.15, -0.1) is 0 Å².